The van der Waals surface area contributed by atoms with E-state index >= 15 is 0 Å². The van der Waals surface area contributed by atoms with Gasteiger partial charge in [0.1, 0.15) is 5.82 Å². The summed E-state index contributed by atoms with van der Waals surface area (Å²) in [6.45, 7) is 7.51. The van der Waals surface area contributed by atoms with Crippen LogP contribution in [0, 0.1) is 11.8 Å². The van der Waals surface area contributed by atoms with E-state index in [0.29, 0.717) is 17.9 Å². The second-order valence-corrected chi connectivity index (χ2v) is 6.20. The number of aromatic amines is 1. The van der Waals surface area contributed by atoms with Crippen LogP contribution in [0.3, 0.4) is 0 Å². The third-order valence-corrected chi connectivity index (χ3v) is 4.40. The maximum absolute atomic E-state index is 4.62. The SMILES string of the molecule is CCNc1nc(NC2CCC(C)CC2C)c2cn[nH]c2n1. The number of hydrogen-bond acceptors (Lipinski definition) is 5. The zero-order valence-corrected chi connectivity index (χ0v) is 13.0. The van der Waals surface area contributed by atoms with Gasteiger partial charge in [0.2, 0.25) is 5.95 Å². The summed E-state index contributed by atoms with van der Waals surface area (Å²) in [6, 6.07) is 0.476. The summed E-state index contributed by atoms with van der Waals surface area (Å²) in [4.78, 5) is 9.05. The molecule has 3 N–H and O–H groups in total. The maximum atomic E-state index is 4.62. The minimum absolute atomic E-state index is 0.476. The zero-order chi connectivity index (χ0) is 14.8. The highest BCUT2D eigenvalue weighted by Gasteiger charge is 2.26. The maximum Gasteiger partial charge on any atom is 0.226 e. The van der Waals surface area contributed by atoms with Gasteiger partial charge in [-0.25, -0.2) is 0 Å². The average Bonchev–Trinajstić information content (AvgIpc) is 2.91. The minimum Gasteiger partial charge on any atom is -0.366 e. The summed E-state index contributed by atoms with van der Waals surface area (Å²) < 4.78 is 0. The molecule has 0 spiro atoms. The van der Waals surface area contributed by atoms with E-state index in [1.807, 2.05) is 6.92 Å². The summed E-state index contributed by atoms with van der Waals surface area (Å²) in [5.41, 5.74) is 0.778. The van der Waals surface area contributed by atoms with Gasteiger partial charge in [-0.3, -0.25) is 5.10 Å². The molecule has 0 bridgehead atoms. The van der Waals surface area contributed by atoms with Gasteiger partial charge >= 0.3 is 0 Å². The number of aromatic nitrogens is 4. The van der Waals surface area contributed by atoms with E-state index in [4.69, 9.17) is 0 Å². The quantitative estimate of drug-likeness (QED) is 0.806. The van der Waals surface area contributed by atoms with Gasteiger partial charge in [-0.15, -0.1) is 0 Å². The van der Waals surface area contributed by atoms with Gasteiger partial charge in [0, 0.05) is 12.6 Å². The largest absolute Gasteiger partial charge is 0.366 e. The Morgan fingerprint density at radius 1 is 1.29 bits per heavy atom. The van der Waals surface area contributed by atoms with Crippen molar-refractivity contribution in [1.29, 1.82) is 0 Å². The first-order chi connectivity index (χ1) is 10.2. The standard InChI is InChI=1S/C15H24N6/c1-4-16-15-19-13(11-8-17-21-14(11)20-15)18-12-6-5-9(2)7-10(12)3/h8-10,12H,4-7H2,1-3H3,(H3,16,17,18,19,20,21). The van der Waals surface area contributed by atoms with Crippen molar-refractivity contribution < 1.29 is 0 Å². The molecule has 2 aromatic heterocycles. The van der Waals surface area contributed by atoms with Crippen LogP contribution in [0.25, 0.3) is 11.0 Å². The van der Waals surface area contributed by atoms with Crippen molar-refractivity contribution in [2.75, 3.05) is 17.2 Å². The molecule has 3 unspecified atom stereocenters. The average molecular weight is 288 g/mol. The van der Waals surface area contributed by atoms with E-state index in [-0.39, 0.29) is 0 Å². The summed E-state index contributed by atoms with van der Waals surface area (Å²) in [5.74, 6) is 3.02. The fraction of sp³-hybridized carbons (Fsp3) is 0.667. The Hall–Kier alpha value is -1.85. The second kappa shape index (κ2) is 5.87. The van der Waals surface area contributed by atoms with Crippen LogP contribution in [-0.4, -0.2) is 32.8 Å². The molecule has 1 aliphatic rings. The predicted molar refractivity (Wildman–Crippen MR) is 85.4 cm³/mol. The second-order valence-electron chi connectivity index (χ2n) is 6.20. The lowest BCUT2D eigenvalue weighted by molar-refractivity contribution is 0.276. The highest BCUT2D eigenvalue weighted by molar-refractivity contribution is 5.87. The summed E-state index contributed by atoms with van der Waals surface area (Å²) in [6.07, 6.45) is 5.55. The van der Waals surface area contributed by atoms with Crippen molar-refractivity contribution in [3.8, 4) is 0 Å². The van der Waals surface area contributed by atoms with Crippen LogP contribution in [-0.2, 0) is 0 Å². The van der Waals surface area contributed by atoms with Crippen LogP contribution < -0.4 is 10.6 Å². The van der Waals surface area contributed by atoms with Gasteiger partial charge in [-0.2, -0.15) is 15.1 Å². The van der Waals surface area contributed by atoms with Crippen LogP contribution >= 0.6 is 0 Å². The van der Waals surface area contributed by atoms with Crippen molar-refractivity contribution in [3.63, 3.8) is 0 Å². The molecule has 0 saturated heterocycles. The Bertz CT molecular complexity index is 607. The number of H-pyrrole nitrogens is 1. The number of hydrogen-bond donors (Lipinski definition) is 3. The Balaban J connectivity index is 1.86. The number of nitrogens with zero attached hydrogens (tertiary/aromatic N) is 3. The van der Waals surface area contributed by atoms with Crippen molar-refractivity contribution in [2.45, 2.75) is 46.1 Å². The van der Waals surface area contributed by atoms with Crippen LogP contribution in [0.15, 0.2) is 6.20 Å². The van der Waals surface area contributed by atoms with Crippen molar-refractivity contribution in [2.24, 2.45) is 11.8 Å². The Morgan fingerprint density at radius 3 is 2.90 bits per heavy atom. The van der Waals surface area contributed by atoms with Crippen molar-refractivity contribution in [1.82, 2.24) is 20.2 Å². The Labute approximate surface area is 125 Å². The first kappa shape index (κ1) is 14.1. The molecule has 114 valence electrons. The molecule has 2 aromatic rings. The molecule has 0 aromatic carbocycles. The summed E-state index contributed by atoms with van der Waals surface area (Å²) >= 11 is 0. The number of nitrogens with one attached hydrogen (secondary N) is 3. The van der Waals surface area contributed by atoms with E-state index in [2.05, 4.69) is 44.6 Å². The lowest BCUT2D eigenvalue weighted by Gasteiger charge is -2.33. The molecule has 0 amide bonds. The molecule has 1 fully saturated rings. The molecule has 1 aliphatic carbocycles. The molecule has 1 saturated carbocycles. The van der Waals surface area contributed by atoms with Crippen LogP contribution in [0.4, 0.5) is 11.8 Å². The number of fused-ring (bicyclic) bond motifs is 1. The highest BCUT2D eigenvalue weighted by Crippen LogP contribution is 2.31. The molecule has 3 rings (SSSR count). The van der Waals surface area contributed by atoms with Crippen LogP contribution in [0.5, 0.6) is 0 Å². The monoisotopic (exact) mass is 288 g/mol. The number of rotatable bonds is 4. The first-order valence-electron chi connectivity index (χ1n) is 7.89. The van der Waals surface area contributed by atoms with E-state index < -0.39 is 0 Å². The van der Waals surface area contributed by atoms with Crippen molar-refractivity contribution >= 4 is 22.8 Å². The molecule has 0 radical (unpaired) electrons. The minimum atomic E-state index is 0.476. The molecule has 21 heavy (non-hydrogen) atoms. The summed E-state index contributed by atoms with van der Waals surface area (Å²) in [5, 5.41) is 14.8. The van der Waals surface area contributed by atoms with Gasteiger partial charge in [0.15, 0.2) is 5.65 Å². The fourth-order valence-electron chi connectivity index (χ4n) is 3.24. The molecular formula is C15H24N6. The normalized spacial score (nSPS) is 26.0. The van der Waals surface area contributed by atoms with Crippen molar-refractivity contribution in [3.05, 3.63) is 6.20 Å². The molecule has 6 nitrogen and oxygen atoms in total. The lowest BCUT2D eigenvalue weighted by Crippen LogP contribution is -2.33. The lowest BCUT2D eigenvalue weighted by atomic mass is 9.80. The first-order valence-corrected chi connectivity index (χ1v) is 7.89. The van der Waals surface area contributed by atoms with E-state index in [0.717, 1.165) is 29.3 Å². The summed E-state index contributed by atoms with van der Waals surface area (Å²) in [7, 11) is 0. The molecule has 2 heterocycles. The predicted octanol–water partition coefficient (Wildman–Crippen LogP) is 3.02. The van der Waals surface area contributed by atoms with Crippen LogP contribution in [0.2, 0.25) is 0 Å². The van der Waals surface area contributed by atoms with E-state index in [9.17, 15) is 0 Å². The van der Waals surface area contributed by atoms with E-state index in [1.54, 1.807) is 6.20 Å². The fourth-order valence-corrected chi connectivity index (χ4v) is 3.24. The third-order valence-electron chi connectivity index (χ3n) is 4.40. The smallest absolute Gasteiger partial charge is 0.226 e. The Morgan fingerprint density at radius 2 is 2.14 bits per heavy atom. The highest BCUT2D eigenvalue weighted by atomic mass is 15.2. The Kier molecular flexibility index (Phi) is 3.94. The number of anilines is 2. The molecule has 0 aliphatic heterocycles. The molecule has 3 atom stereocenters. The van der Waals surface area contributed by atoms with Gasteiger partial charge in [0.25, 0.3) is 0 Å². The van der Waals surface area contributed by atoms with Gasteiger partial charge in [-0.05, 0) is 38.0 Å². The molecular weight excluding hydrogens is 264 g/mol. The van der Waals surface area contributed by atoms with E-state index in [1.165, 1.54) is 19.3 Å². The van der Waals surface area contributed by atoms with Gasteiger partial charge < -0.3 is 10.6 Å². The third kappa shape index (κ3) is 2.94. The molecule has 6 heteroatoms. The van der Waals surface area contributed by atoms with Gasteiger partial charge in [-0.1, -0.05) is 13.8 Å². The zero-order valence-electron chi connectivity index (χ0n) is 13.0. The van der Waals surface area contributed by atoms with Crippen LogP contribution in [0.1, 0.15) is 40.0 Å². The van der Waals surface area contributed by atoms with Gasteiger partial charge in [0.05, 0.1) is 11.6 Å². The topological polar surface area (TPSA) is 78.5 Å².